The van der Waals surface area contributed by atoms with E-state index in [2.05, 4.69) is 9.97 Å². The number of fused-ring (bicyclic) bond motifs is 1. The second kappa shape index (κ2) is 3.80. The average molecular weight is 285 g/mol. The Labute approximate surface area is 107 Å². The number of aromatic amines is 1. The normalized spacial score (nSPS) is 16.1. The van der Waals surface area contributed by atoms with Crippen molar-refractivity contribution in [2.45, 2.75) is 23.7 Å². The lowest BCUT2D eigenvalue weighted by molar-refractivity contribution is 0.609. The topological polar surface area (TPSA) is 79.9 Å². The van der Waals surface area contributed by atoms with Crippen LogP contribution in [0.3, 0.4) is 0 Å². The maximum Gasteiger partial charge on any atom is 0.261 e. The van der Waals surface area contributed by atoms with Gasteiger partial charge >= 0.3 is 0 Å². The first-order valence-corrected chi connectivity index (χ1v) is 7.75. The molecule has 1 aliphatic carbocycles. The van der Waals surface area contributed by atoms with E-state index in [0.717, 1.165) is 12.8 Å². The van der Waals surface area contributed by atoms with Crippen molar-refractivity contribution < 1.29 is 8.42 Å². The number of nitrogens with zero attached hydrogens (tertiary/aromatic N) is 1. The van der Waals surface area contributed by atoms with Crippen LogP contribution in [0.1, 0.15) is 24.6 Å². The molecule has 0 bridgehead atoms. The molecule has 1 aromatic carbocycles. The maximum absolute atomic E-state index is 11.9. The minimum atomic E-state index is -3.83. The van der Waals surface area contributed by atoms with Crippen LogP contribution in [0.5, 0.6) is 0 Å². The minimum Gasteiger partial charge on any atom is -0.310 e. The van der Waals surface area contributed by atoms with Crippen LogP contribution in [0.2, 0.25) is 0 Å². The lowest BCUT2D eigenvalue weighted by atomic mass is 10.2. The summed E-state index contributed by atoms with van der Waals surface area (Å²) in [6.45, 7) is 0. The summed E-state index contributed by atoms with van der Waals surface area (Å²) in [5.74, 6) is 1.01. The van der Waals surface area contributed by atoms with Crippen molar-refractivity contribution in [1.82, 2.24) is 9.97 Å². The van der Waals surface area contributed by atoms with E-state index in [4.69, 9.17) is 10.7 Å². The molecule has 18 heavy (non-hydrogen) atoms. The smallest absolute Gasteiger partial charge is 0.261 e. The van der Waals surface area contributed by atoms with E-state index in [9.17, 15) is 13.2 Å². The fourth-order valence-electron chi connectivity index (χ4n) is 1.84. The first-order valence-electron chi connectivity index (χ1n) is 5.44. The van der Waals surface area contributed by atoms with E-state index >= 15 is 0 Å². The van der Waals surface area contributed by atoms with E-state index in [0.29, 0.717) is 17.3 Å². The fourth-order valence-corrected chi connectivity index (χ4v) is 2.61. The Kier molecular flexibility index (Phi) is 2.46. The third-order valence-electron chi connectivity index (χ3n) is 2.94. The summed E-state index contributed by atoms with van der Waals surface area (Å²) < 4.78 is 22.4. The Bertz CT molecular complexity index is 794. The molecular formula is C11H9ClN2O3S. The molecule has 0 amide bonds. The highest BCUT2D eigenvalue weighted by Crippen LogP contribution is 2.37. The van der Waals surface area contributed by atoms with Crippen LogP contribution in [-0.4, -0.2) is 18.4 Å². The summed E-state index contributed by atoms with van der Waals surface area (Å²) in [5.41, 5.74) is 0.161. The van der Waals surface area contributed by atoms with E-state index in [1.54, 1.807) is 0 Å². The number of benzene rings is 1. The highest BCUT2D eigenvalue weighted by Gasteiger charge is 2.26. The number of H-pyrrole nitrogens is 1. The molecule has 0 spiro atoms. The Morgan fingerprint density at radius 1 is 1.33 bits per heavy atom. The second-order valence-electron chi connectivity index (χ2n) is 4.34. The molecule has 0 radical (unpaired) electrons. The first-order chi connectivity index (χ1) is 8.45. The van der Waals surface area contributed by atoms with Gasteiger partial charge in [-0.2, -0.15) is 0 Å². The molecular weight excluding hydrogens is 276 g/mol. The van der Waals surface area contributed by atoms with E-state index in [1.807, 2.05) is 0 Å². The maximum atomic E-state index is 11.9. The average Bonchev–Trinajstić information content (AvgIpc) is 3.11. The molecule has 1 aromatic heterocycles. The van der Waals surface area contributed by atoms with E-state index in [1.165, 1.54) is 18.2 Å². The number of aromatic nitrogens is 2. The molecule has 0 saturated heterocycles. The monoisotopic (exact) mass is 284 g/mol. The first kappa shape index (κ1) is 11.7. The Hall–Kier alpha value is -1.40. The summed E-state index contributed by atoms with van der Waals surface area (Å²) in [5, 5.41) is 0.237. The summed E-state index contributed by atoms with van der Waals surface area (Å²) in [6, 6.07) is 4.11. The standard InChI is InChI=1S/C11H9ClN2O3S/c12-18(16,17)7-3-4-9-8(5-7)11(15)14-10(13-9)6-1-2-6/h3-6H,1-2H2,(H,13,14,15). The SMILES string of the molecule is O=c1[nH]c(C2CC2)nc2ccc(S(=O)(=O)Cl)cc12. The van der Waals surface area contributed by atoms with Gasteiger partial charge in [0.2, 0.25) is 0 Å². The summed E-state index contributed by atoms with van der Waals surface area (Å²) in [4.78, 5) is 18.8. The Morgan fingerprint density at radius 3 is 2.67 bits per heavy atom. The van der Waals surface area contributed by atoms with Gasteiger partial charge in [-0.15, -0.1) is 0 Å². The van der Waals surface area contributed by atoms with Gasteiger partial charge < -0.3 is 4.98 Å². The number of rotatable bonds is 2. The zero-order valence-corrected chi connectivity index (χ0v) is 10.8. The second-order valence-corrected chi connectivity index (χ2v) is 6.91. The molecule has 0 aliphatic heterocycles. The van der Waals surface area contributed by atoms with Crippen LogP contribution in [0.25, 0.3) is 10.9 Å². The van der Waals surface area contributed by atoms with Crippen molar-refractivity contribution in [1.29, 1.82) is 0 Å². The van der Waals surface area contributed by atoms with Crippen LogP contribution < -0.4 is 5.56 Å². The third-order valence-corrected chi connectivity index (χ3v) is 4.29. The molecule has 1 saturated carbocycles. The van der Waals surface area contributed by atoms with Crippen molar-refractivity contribution in [3.8, 4) is 0 Å². The largest absolute Gasteiger partial charge is 0.310 e. The van der Waals surface area contributed by atoms with Crippen LogP contribution in [0, 0.1) is 0 Å². The fraction of sp³-hybridized carbons (Fsp3) is 0.273. The van der Waals surface area contributed by atoms with Gasteiger partial charge in [0.15, 0.2) is 0 Å². The van der Waals surface area contributed by atoms with Crippen molar-refractivity contribution in [3.05, 3.63) is 34.4 Å². The third kappa shape index (κ3) is 2.02. The number of halogens is 1. The molecule has 1 aliphatic rings. The minimum absolute atomic E-state index is 0.0943. The highest BCUT2D eigenvalue weighted by atomic mass is 35.7. The molecule has 0 atom stereocenters. The molecule has 0 unspecified atom stereocenters. The van der Waals surface area contributed by atoms with Crippen molar-refractivity contribution in [2.24, 2.45) is 0 Å². The van der Waals surface area contributed by atoms with Gasteiger partial charge in [0.1, 0.15) is 5.82 Å². The van der Waals surface area contributed by atoms with Gasteiger partial charge in [-0.3, -0.25) is 4.79 Å². The molecule has 7 heteroatoms. The molecule has 5 nitrogen and oxygen atoms in total. The summed E-state index contributed by atoms with van der Waals surface area (Å²) >= 11 is 0. The van der Waals surface area contributed by atoms with Crippen molar-refractivity contribution >= 4 is 30.6 Å². The highest BCUT2D eigenvalue weighted by molar-refractivity contribution is 8.13. The summed E-state index contributed by atoms with van der Waals surface area (Å²) in [6.07, 6.45) is 2.06. The Morgan fingerprint density at radius 2 is 2.06 bits per heavy atom. The van der Waals surface area contributed by atoms with Crippen molar-refractivity contribution in [2.75, 3.05) is 0 Å². The van der Waals surface area contributed by atoms with E-state index in [-0.39, 0.29) is 15.8 Å². The summed E-state index contributed by atoms with van der Waals surface area (Å²) in [7, 11) is 1.41. The van der Waals surface area contributed by atoms with Crippen LogP contribution in [0.4, 0.5) is 0 Å². The zero-order valence-electron chi connectivity index (χ0n) is 9.18. The Balaban J connectivity index is 2.26. The lowest BCUT2D eigenvalue weighted by Crippen LogP contribution is -2.11. The lowest BCUT2D eigenvalue weighted by Gasteiger charge is -2.02. The van der Waals surface area contributed by atoms with Gasteiger partial charge in [0, 0.05) is 16.6 Å². The number of hydrogen-bond acceptors (Lipinski definition) is 4. The van der Waals surface area contributed by atoms with Gasteiger partial charge in [-0.05, 0) is 31.0 Å². The van der Waals surface area contributed by atoms with E-state index < -0.39 is 9.05 Å². The quantitative estimate of drug-likeness (QED) is 0.852. The van der Waals surface area contributed by atoms with Gasteiger partial charge in [-0.1, -0.05) is 0 Å². The van der Waals surface area contributed by atoms with Crippen LogP contribution in [0.15, 0.2) is 27.9 Å². The molecule has 1 fully saturated rings. The van der Waals surface area contributed by atoms with Crippen molar-refractivity contribution in [3.63, 3.8) is 0 Å². The van der Waals surface area contributed by atoms with Crippen LogP contribution in [-0.2, 0) is 9.05 Å². The molecule has 3 rings (SSSR count). The predicted octanol–water partition coefficient (Wildman–Crippen LogP) is 1.73. The molecule has 94 valence electrons. The van der Waals surface area contributed by atoms with Gasteiger partial charge in [0.05, 0.1) is 15.8 Å². The zero-order chi connectivity index (χ0) is 12.9. The molecule has 2 aromatic rings. The molecule has 1 heterocycles. The van der Waals surface area contributed by atoms with Crippen LogP contribution >= 0.6 is 10.7 Å². The number of nitrogens with one attached hydrogen (secondary N) is 1. The van der Waals surface area contributed by atoms with Gasteiger partial charge in [-0.25, -0.2) is 13.4 Å². The predicted molar refractivity (Wildman–Crippen MR) is 67.4 cm³/mol. The number of hydrogen-bond donors (Lipinski definition) is 1. The molecule has 1 N–H and O–H groups in total. The van der Waals surface area contributed by atoms with Gasteiger partial charge in [0.25, 0.3) is 14.6 Å².